The fourth-order valence-electron chi connectivity index (χ4n) is 0.427. The van der Waals surface area contributed by atoms with Crippen molar-refractivity contribution < 1.29 is 4.74 Å². The van der Waals surface area contributed by atoms with Crippen LogP contribution in [0.4, 0.5) is 0 Å². The molecule has 0 aliphatic heterocycles. The van der Waals surface area contributed by atoms with Crippen molar-refractivity contribution in [3.63, 3.8) is 0 Å². The minimum atomic E-state index is 0.271. The van der Waals surface area contributed by atoms with Gasteiger partial charge in [0.15, 0.2) is 0 Å². The third kappa shape index (κ3) is 4.71. The van der Waals surface area contributed by atoms with Crippen LogP contribution in [-0.4, -0.2) is 6.10 Å². The van der Waals surface area contributed by atoms with Crippen molar-refractivity contribution in [1.82, 2.24) is 0 Å². The van der Waals surface area contributed by atoms with E-state index in [4.69, 9.17) is 10.5 Å². The van der Waals surface area contributed by atoms with Crippen LogP contribution in [0.15, 0.2) is 12.0 Å². The average molecular weight is 157 g/mol. The van der Waals surface area contributed by atoms with Crippen molar-refractivity contribution >= 4 is 0 Å². The predicted octanol–water partition coefficient (Wildman–Crippen LogP) is 2.26. The molecule has 0 amide bonds. The number of hydrogen-bond donors (Lipinski definition) is 1. The summed E-state index contributed by atoms with van der Waals surface area (Å²) in [6.07, 6.45) is 2.95. The molecule has 0 fully saturated rings. The topological polar surface area (TPSA) is 35.2 Å². The monoisotopic (exact) mass is 157 g/mol. The van der Waals surface area contributed by atoms with Crippen LogP contribution in [0.1, 0.15) is 34.1 Å². The molecule has 0 rings (SSSR count). The second-order valence-corrected chi connectivity index (χ2v) is 3.13. The smallest absolute Gasteiger partial charge is 0.102 e. The molecule has 0 aliphatic rings. The number of nitrogens with two attached hydrogens (primary N) is 1. The first-order valence-electron chi connectivity index (χ1n) is 4.18. The molecule has 0 saturated carbocycles. The van der Waals surface area contributed by atoms with Crippen molar-refractivity contribution in [2.75, 3.05) is 0 Å². The van der Waals surface area contributed by atoms with E-state index >= 15 is 0 Å². The highest BCUT2D eigenvalue weighted by Crippen LogP contribution is 2.04. The molecule has 0 aliphatic carbocycles. The van der Waals surface area contributed by atoms with Gasteiger partial charge in [-0.25, -0.2) is 0 Å². The summed E-state index contributed by atoms with van der Waals surface area (Å²) in [6.45, 7) is 8.21. The van der Waals surface area contributed by atoms with E-state index in [0.29, 0.717) is 5.92 Å². The molecule has 11 heavy (non-hydrogen) atoms. The summed E-state index contributed by atoms with van der Waals surface area (Å²) in [5.74, 6) is 0.374. The molecular formula is C9H19NO. The van der Waals surface area contributed by atoms with E-state index in [1.165, 1.54) is 0 Å². The molecule has 66 valence electrons. The second kappa shape index (κ2) is 5.05. The molecule has 0 heterocycles. The predicted molar refractivity (Wildman–Crippen MR) is 47.9 cm³/mol. The minimum Gasteiger partial charge on any atom is -0.497 e. The third-order valence-corrected chi connectivity index (χ3v) is 1.68. The largest absolute Gasteiger partial charge is 0.497 e. The quantitative estimate of drug-likeness (QED) is 0.635. The zero-order valence-electron chi connectivity index (χ0n) is 7.92. The maximum absolute atomic E-state index is 5.66. The number of hydrogen-bond acceptors (Lipinski definition) is 2. The highest BCUT2D eigenvalue weighted by Gasteiger charge is 1.99. The Kier molecular flexibility index (Phi) is 4.75. The van der Waals surface area contributed by atoms with E-state index in [-0.39, 0.29) is 6.10 Å². The van der Waals surface area contributed by atoms with Gasteiger partial charge in [-0.05, 0) is 19.3 Å². The molecular weight excluding hydrogens is 138 g/mol. The molecule has 2 nitrogen and oxygen atoms in total. The maximum Gasteiger partial charge on any atom is 0.102 e. The summed E-state index contributed by atoms with van der Waals surface area (Å²) < 4.78 is 5.33. The van der Waals surface area contributed by atoms with Gasteiger partial charge in [-0.2, -0.15) is 0 Å². The fourth-order valence-corrected chi connectivity index (χ4v) is 0.427. The van der Waals surface area contributed by atoms with Gasteiger partial charge < -0.3 is 10.5 Å². The molecule has 1 unspecified atom stereocenters. The Morgan fingerprint density at radius 3 is 2.36 bits per heavy atom. The van der Waals surface area contributed by atoms with Crippen LogP contribution >= 0.6 is 0 Å². The molecule has 0 bridgehead atoms. The average Bonchev–Trinajstić information content (AvgIpc) is 1.99. The Balaban J connectivity index is 3.72. The van der Waals surface area contributed by atoms with E-state index < -0.39 is 0 Å². The molecule has 0 aromatic heterocycles. The summed E-state index contributed by atoms with van der Waals surface area (Å²) in [6, 6.07) is 0. The van der Waals surface area contributed by atoms with Crippen molar-refractivity contribution in [3.05, 3.63) is 12.0 Å². The maximum atomic E-state index is 5.66. The molecule has 0 saturated heterocycles. The van der Waals surface area contributed by atoms with Gasteiger partial charge in [0.2, 0.25) is 0 Å². The van der Waals surface area contributed by atoms with Gasteiger partial charge in [-0.15, -0.1) is 0 Å². The molecule has 0 aromatic carbocycles. The van der Waals surface area contributed by atoms with Gasteiger partial charge in [0.1, 0.15) is 6.26 Å². The third-order valence-electron chi connectivity index (χ3n) is 1.68. The van der Waals surface area contributed by atoms with E-state index in [0.717, 1.165) is 12.1 Å². The Morgan fingerprint density at radius 2 is 2.00 bits per heavy atom. The van der Waals surface area contributed by atoms with Crippen LogP contribution in [0.2, 0.25) is 0 Å². The first-order valence-corrected chi connectivity index (χ1v) is 4.18. The highest BCUT2D eigenvalue weighted by molar-refractivity contribution is 4.94. The summed E-state index contributed by atoms with van der Waals surface area (Å²) in [4.78, 5) is 0. The van der Waals surface area contributed by atoms with Crippen LogP contribution in [0.3, 0.4) is 0 Å². The Morgan fingerprint density at radius 1 is 1.45 bits per heavy atom. The van der Waals surface area contributed by atoms with Crippen molar-refractivity contribution in [1.29, 1.82) is 0 Å². The van der Waals surface area contributed by atoms with E-state index in [1.807, 2.05) is 20.8 Å². The van der Waals surface area contributed by atoms with Gasteiger partial charge in [0.25, 0.3) is 0 Å². The lowest BCUT2D eigenvalue weighted by atomic mass is 10.2. The van der Waals surface area contributed by atoms with Crippen LogP contribution in [0, 0.1) is 5.92 Å². The lowest BCUT2D eigenvalue weighted by molar-refractivity contribution is 0.154. The highest BCUT2D eigenvalue weighted by atomic mass is 16.5. The normalized spacial score (nSPS) is 15.2. The minimum absolute atomic E-state index is 0.271. The molecule has 0 aromatic rings. The summed E-state index contributed by atoms with van der Waals surface area (Å²) in [5, 5.41) is 0. The van der Waals surface area contributed by atoms with E-state index in [1.54, 1.807) is 6.26 Å². The Hall–Kier alpha value is -0.660. The zero-order valence-corrected chi connectivity index (χ0v) is 7.92. The summed E-state index contributed by atoms with van der Waals surface area (Å²) >= 11 is 0. The van der Waals surface area contributed by atoms with Crippen molar-refractivity contribution in [3.8, 4) is 0 Å². The van der Waals surface area contributed by atoms with E-state index in [9.17, 15) is 0 Å². The van der Waals surface area contributed by atoms with Crippen LogP contribution in [0.5, 0.6) is 0 Å². The first kappa shape index (κ1) is 10.3. The fraction of sp³-hybridized carbons (Fsp3) is 0.778. The SMILES string of the molecule is CCC(C)O/C=C(\N)C(C)C. The van der Waals surface area contributed by atoms with Gasteiger partial charge >= 0.3 is 0 Å². The molecule has 0 radical (unpaired) electrons. The standard InChI is InChI=1S/C9H19NO/c1-5-8(4)11-6-9(10)7(2)3/h6-8H,5,10H2,1-4H3/b9-6-. The van der Waals surface area contributed by atoms with E-state index in [2.05, 4.69) is 6.92 Å². The molecule has 0 spiro atoms. The summed E-state index contributed by atoms with van der Waals surface area (Å²) in [5.41, 5.74) is 6.47. The zero-order chi connectivity index (χ0) is 8.85. The van der Waals surface area contributed by atoms with Crippen LogP contribution in [-0.2, 0) is 4.74 Å². The van der Waals surface area contributed by atoms with Gasteiger partial charge in [0.05, 0.1) is 6.10 Å². The Bertz CT molecular complexity index is 130. The van der Waals surface area contributed by atoms with Crippen molar-refractivity contribution in [2.24, 2.45) is 11.7 Å². The van der Waals surface area contributed by atoms with Crippen LogP contribution < -0.4 is 5.73 Å². The van der Waals surface area contributed by atoms with Crippen LogP contribution in [0.25, 0.3) is 0 Å². The number of allylic oxidation sites excluding steroid dienone is 1. The van der Waals surface area contributed by atoms with Gasteiger partial charge in [-0.1, -0.05) is 20.8 Å². The summed E-state index contributed by atoms with van der Waals surface area (Å²) in [7, 11) is 0. The lowest BCUT2D eigenvalue weighted by Crippen LogP contribution is -2.08. The number of rotatable bonds is 4. The lowest BCUT2D eigenvalue weighted by Gasteiger charge is -2.10. The van der Waals surface area contributed by atoms with Crippen molar-refractivity contribution in [2.45, 2.75) is 40.2 Å². The number of ether oxygens (including phenoxy) is 1. The first-order chi connectivity index (χ1) is 5.07. The Labute approximate surface area is 69.4 Å². The molecule has 2 N–H and O–H groups in total. The van der Waals surface area contributed by atoms with Gasteiger partial charge in [0, 0.05) is 5.70 Å². The molecule has 2 heteroatoms. The van der Waals surface area contributed by atoms with Gasteiger partial charge in [-0.3, -0.25) is 0 Å². The second-order valence-electron chi connectivity index (χ2n) is 3.13. The molecule has 1 atom stereocenters.